The number of benzene rings is 3. The zero-order valence-electron chi connectivity index (χ0n) is 16.9. The average Bonchev–Trinajstić information content (AvgIpc) is 2.77. The van der Waals surface area contributed by atoms with Crippen LogP contribution in [0.3, 0.4) is 0 Å². The van der Waals surface area contributed by atoms with Gasteiger partial charge in [-0.1, -0.05) is 60.5 Å². The van der Waals surface area contributed by atoms with Crippen LogP contribution in [-0.2, 0) is 17.8 Å². The van der Waals surface area contributed by atoms with Gasteiger partial charge in [0.15, 0.2) is 0 Å². The number of halogens is 2. The molecule has 3 rings (SSSR count). The Labute approximate surface area is 191 Å². The quantitative estimate of drug-likeness (QED) is 0.322. The summed E-state index contributed by atoms with van der Waals surface area (Å²) in [5.74, 6) is 0.00282. The number of carbonyl (C=O) groups excluding carboxylic acids is 1. The van der Waals surface area contributed by atoms with E-state index in [0.29, 0.717) is 27.0 Å². The summed E-state index contributed by atoms with van der Waals surface area (Å²) in [5.41, 5.74) is 3.04. The average molecular weight is 451 g/mol. The lowest BCUT2D eigenvalue weighted by Crippen LogP contribution is -2.14. The van der Waals surface area contributed by atoms with E-state index in [1.807, 2.05) is 55.5 Å². The van der Waals surface area contributed by atoms with E-state index in [9.17, 15) is 10.1 Å². The first-order chi connectivity index (χ1) is 15.0. The van der Waals surface area contributed by atoms with Gasteiger partial charge < -0.3 is 10.1 Å². The number of anilines is 1. The van der Waals surface area contributed by atoms with E-state index in [4.69, 9.17) is 27.9 Å². The topological polar surface area (TPSA) is 62.1 Å². The van der Waals surface area contributed by atoms with E-state index in [1.54, 1.807) is 24.3 Å². The van der Waals surface area contributed by atoms with Crippen molar-refractivity contribution in [2.75, 3.05) is 5.32 Å². The van der Waals surface area contributed by atoms with Gasteiger partial charge in [0.2, 0.25) is 0 Å². The lowest BCUT2D eigenvalue weighted by Gasteiger charge is -2.12. The molecule has 0 bridgehead atoms. The van der Waals surface area contributed by atoms with Crippen molar-refractivity contribution >= 4 is 40.9 Å². The van der Waals surface area contributed by atoms with E-state index >= 15 is 0 Å². The van der Waals surface area contributed by atoms with Crippen LogP contribution in [0.2, 0.25) is 10.0 Å². The van der Waals surface area contributed by atoms with E-state index in [-0.39, 0.29) is 12.2 Å². The molecule has 0 aromatic heterocycles. The first-order valence-corrected chi connectivity index (χ1v) is 10.4. The summed E-state index contributed by atoms with van der Waals surface area (Å²) in [4.78, 5) is 12.7. The van der Waals surface area contributed by atoms with Crippen LogP contribution in [0, 0.1) is 11.3 Å². The Morgan fingerprint density at radius 1 is 1.06 bits per heavy atom. The molecule has 31 heavy (non-hydrogen) atoms. The molecule has 1 N–H and O–H groups in total. The molecule has 0 aliphatic carbocycles. The van der Waals surface area contributed by atoms with Crippen LogP contribution in [0.4, 0.5) is 5.69 Å². The fourth-order valence-electron chi connectivity index (χ4n) is 3.00. The molecule has 156 valence electrons. The zero-order chi connectivity index (χ0) is 22.2. The van der Waals surface area contributed by atoms with Gasteiger partial charge in [-0.15, -0.1) is 0 Å². The van der Waals surface area contributed by atoms with Crippen molar-refractivity contribution in [3.05, 3.63) is 99.0 Å². The Morgan fingerprint density at radius 2 is 1.84 bits per heavy atom. The number of nitrogens with zero attached hydrogens (tertiary/aromatic N) is 1. The van der Waals surface area contributed by atoms with Crippen molar-refractivity contribution in [2.45, 2.75) is 20.0 Å². The van der Waals surface area contributed by atoms with Crippen LogP contribution in [-0.4, -0.2) is 5.91 Å². The van der Waals surface area contributed by atoms with Gasteiger partial charge in [-0.3, -0.25) is 4.79 Å². The minimum Gasteiger partial charge on any atom is -0.488 e. The highest BCUT2D eigenvalue weighted by atomic mass is 35.5. The Kier molecular flexibility index (Phi) is 7.72. The predicted molar refractivity (Wildman–Crippen MR) is 125 cm³/mol. The molecule has 0 unspecified atom stereocenters. The number of aryl methyl sites for hydroxylation is 1. The third-order valence-electron chi connectivity index (χ3n) is 4.57. The molecule has 0 spiro atoms. The van der Waals surface area contributed by atoms with Crippen molar-refractivity contribution in [1.29, 1.82) is 5.26 Å². The van der Waals surface area contributed by atoms with Crippen molar-refractivity contribution in [1.82, 2.24) is 0 Å². The SMILES string of the molecule is CCc1ccccc1NC(=O)/C(C#N)=C/c1cc(Cl)ccc1OCc1cccc(Cl)c1. The molecule has 6 heteroatoms. The lowest BCUT2D eigenvalue weighted by molar-refractivity contribution is -0.112. The molecule has 0 atom stereocenters. The third-order valence-corrected chi connectivity index (χ3v) is 5.04. The van der Waals surface area contributed by atoms with Gasteiger partial charge in [0.1, 0.15) is 24.0 Å². The number of para-hydroxylation sites is 1. The van der Waals surface area contributed by atoms with Crippen LogP contribution < -0.4 is 10.1 Å². The highest BCUT2D eigenvalue weighted by Gasteiger charge is 2.13. The fraction of sp³-hybridized carbons (Fsp3) is 0.120. The number of hydrogen-bond acceptors (Lipinski definition) is 3. The normalized spacial score (nSPS) is 11.0. The second-order valence-electron chi connectivity index (χ2n) is 6.74. The van der Waals surface area contributed by atoms with Gasteiger partial charge in [-0.25, -0.2) is 0 Å². The van der Waals surface area contributed by atoms with Gasteiger partial charge in [-0.2, -0.15) is 5.26 Å². The molecule has 4 nitrogen and oxygen atoms in total. The van der Waals surface area contributed by atoms with E-state index in [2.05, 4.69) is 5.32 Å². The number of hydrogen-bond donors (Lipinski definition) is 1. The molecule has 0 fully saturated rings. The molecule has 3 aromatic carbocycles. The molecule has 0 heterocycles. The second kappa shape index (κ2) is 10.7. The Bertz CT molecular complexity index is 1170. The summed E-state index contributed by atoms with van der Waals surface area (Å²) in [6, 6.07) is 21.8. The molecule has 0 saturated heterocycles. The van der Waals surface area contributed by atoms with Crippen LogP contribution in [0.15, 0.2) is 72.3 Å². The van der Waals surface area contributed by atoms with Gasteiger partial charge in [-0.05, 0) is 60.0 Å². The number of nitrogens with one attached hydrogen (secondary N) is 1. The monoisotopic (exact) mass is 450 g/mol. The summed E-state index contributed by atoms with van der Waals surface area (Å²) in [6.07, 6.45) is 2.24. The number of ether oxygens (including phenoxy) is 1. The van der Waals surface area contributed by atoms with Gasteiger partial charge in [0, 0.05) is 21.3 Å². The molecule has 0 radical (unpaired) electrons. The molecule has 0 aliphatic rings. The summed E-state index contributed by atoms with van der Waals surface area (Å²) in [5, 5.41) is 13.5. The third kappa shape index (κ3) is 6.11. The first-order valence-electron chi connectivity index (χ1n) is 9.68. The maximum Gasteiger partial charge on any atom is 0.266 e. The van der Waals surface area contributed by atoms with Gasteiger partial charge >= 0.3 is 0 Å². The molecule has 0 saturated carbocycles. The molecular weight excluding hydrogens is 431 g/mol. The number of carbonyl (C=O) groups is 1. The first kappa shape index (κ1) is 22.4. The zero-order valence-corrected chi connectivity index (χ0v) is 18.4. The van der Waals surface area contributed by atoms with Crippen molar-refractivity contribution in [2.24, 2.45) is 0 Å². The largest absolute Gasteiger partial charge is 0.488 e. The highest BCUT2D eigenvalue weighted by Crippen LogP contribution is 2.27. The lowest BCUT2D eigenvalue weighted by atomic mass is 10.1. The van der Waals surface area contributed by atoms with Crippen molar-refractivity contribution < 1.29 is 9.53 Å². The number of amides is 1. The Morgan fingerprint density at radius 3 is 2.58 bits per heavy atom. The van der Waals surface area contributed by atoms with Crippen LogP contribution in [0.25, 0.3) is 6.08 Å². The van der Waals surface area contributed by atoms with Crippen LogP contribution in [0.1, 0.15) is 23.6 Å². The van der Waals surface area contributed by atoms with Crippen molar-refractivity contribution in [3.63, 3.8) is 0 Å². The number of nitriles is 1. The van der Waals surface area contributed by atoms with Crippen LogP contribution in [0.5, 0.6) is 5.75 Å². The summed E-state index contributed by atoms with van der Waals surface area (Å²) in [6.45, 7) is 2.28. The maximum absolute atomic E-state index is 12.7. The van der Waals surface area contributed by atoms with Crippen LogP contribution >= 0.6 is 23.2 Å². The summed E-state index contributed by atoms with van der Waals surface area (Å²) >= 11 is 12.2. The summed E-state index contributed by atoms with van der Waals surface area (Å²) < 4.78 is 5.91. The summed E-state index contributed by atoms with van der Waals surface area (Å²) in [7, 11) is 0. The minimum absolute atomic E-state index is 0.0548. The molecule has 0 aliphatic heterocycles. The molecule has 1 amide bonds. The Hall–Kier alpha value is -3.26. The predicted octanol–water partition coefficient (Wildman–Crippen LogP) is 6.68. The Balaban J connectivity index is 1.85. The number of rotatable bonds is 7. The van der Waals surface area contributed by atoms with Crippen molar-refractivity contribution in [3.8, 4) is 11.8 Å². The van der Waals surface area contributed by atoms with Gasteiger partial charge in [0.05, 0.1) is 0 Å². The highest BCUT2D eigenvalue weighted by molar-refractivity contribution is 6.31. The van der Waals surface area contributed by atoms with E-state index in [0.717, 1.165) is 17.5 Å². The van der Waals surface area contributed by atoms with E-state index in [1.165, 1.54) is 6.08 Å². The molecular formula is C25H20Cl2N2O2. The van der Waals surface area contributed by atoms with Gasteiger partial charge in [0.25, 0.3) is 5.91 Å². The standard InChI is InChI=1S/C25H20Cl2N2O2/c1-2-18-7-3-4-9-23(18)29-25(30)20(15-28)13-19-14-22(27)10-11-24(19)31-16-17-6-5-8-21(26)12-17/h3-14H,2,16H2,1H3,(H,29,30)/b20-13+. The minimum atomic E-state index is -0.496. The second-order valence-corrected chi connectivity index (χ2v) is 7.61. The van der Waals surface area contributed by atoms with E-state index < -0.39 is 5.91 Å². The molecule has 3 aromatic rings. The fourth-order valence-corrected chi connectivity index (χ4v) is 3.39. The smallest absolute Gasteiger partial charge is 0.266 e. The maximum atomic E-state index is 12.7.